The van der Waals surface area contributed by atoms with Gasteiger partial charge >= 0.3 is 11.9 Å². The second kappa shape index (κ2) is 74.0. The van der Waals surface area contributed by atoms with Gasteiger partial charge in [0.25, 0.3) is 0 Å². The Labute approximate surface area is 575 Å². The van der Waals surface area contributed by atoms with E-state index in [0.29, 0.717) is 23.9 Å². The van der Waals surface area contributed by atoms with Gasteiger partial charge in [-0.2, -0.15) is 0 Å². The number of hydrogen-bond acceptors (Lipinski definition) is 8. The number of aliphatic carboxylic acids is 1. The number of carbonyl (C=O) groups is 3. The number of unbranched alkanes of at least 4 members (excludes halogenated alkanes) is 42. The van der Waals surface area contributed by atoms with E-state index in [4.69, 9.17) is 18.9 Å². The number of nitrogens with zero attached hydrogens (tertiary/aromatic N) is 1. The molecule has 0 saturated heterocycles. The lowest BCUT2D eigenvalue weighted by molar-refractivity contribution is -0.870. The number of esters is 2. The highest BCUT2D eigenvalue weighted by Gasteiger charge is 2.22. The number of likely N-dealkylation sites (N-methyl/N-ethyl adjacent to an activating group) is 1. The zero-order chi connectivity index (χ0) is 67.5. The molecule has 0 aromatic carbocycles. The first kappa shape index (κ1) is 89.2. The number of ether oxygens (including phenoxy) is 4. The third kappa shape index (κ3) is 75.5. The van der Waals surface area contributed by atoms with Gasteiger partial charge in [-0.25, -0.2) is 0 Å². The van der Waals surface area contributed by atoms with Gasteiger partial charge in [0, 0.05) is 12.8 Å². The molecule has 2 unspecified atom stereocenters. The zero-order valence-electron chi connectivity index (χ0n) is 61.6. The first-order chi connectivity index (χ1) is 45.6. The van der Waals surface area contributed by atoms with E-state index in [1.807, 2.05) is 21.1 Å². The van der Waals surface area contributed by atoms with E-state index in [0.717, 1.165) is 83.5 Å². The second-order valence-corrected chi connectivity index (χ2v) is 27.6. The summed E-state index contributed by atoms with van der Waals surface area (Å²) >= 11 is 0. The minimum Gasteiger partial charge on any atom is -0.545 e. The monoisotopic (exact) mass is 1300 g/mol. The van der Waals surface area contributed by atoms with Gasteiger partial charge in [-0.05, 0) is 96.3 Å². The predicted octanol–water partition coefficient (Wildman–Crippen LogP) is 23.8. The van der Waals surface area contributed by atoms with Crippen LogP contribution in [0.4, 0.5) is 0 Å². The van der Waals surface area contributed by atoms with Crippen LogP contribution in [0.5, 0.6) is 0 Å². The summed E-state index contributed by atoms with van der Waals surface area (Å²) in [6.45, 7) is 4.67. The molecule has 0 N–H and O–H groups in total. The summed E-state index contributed by atoms with van der Waals surface area (Å²) in [5, 5.41) is 11.9. The fourth-order valence-electron chi connectivity index (χ4n) is 11.3. The van der Waals surface area contributed by atoms with E-state index in [1.165, 1.54) is 244 Å². The molecule has 0 saturated carbocycles. The van der Waals surface area contributed by atoms with Crippen LogP contribution in [0.25, 0.3) is 0 Å². The zero-order valence-corrected chi connectivity index (χ0v) is 61.6. The summed E-state index contributed by atoms with van der Waals surface area (Å²) in [4.78, 5) is 37.6. The van der Waals surface area contributed by atoms with Crippen molar-refractivity contribution in [1.82, 2.24) is 0 Å². The molecule has 0 aliphatic rings. The summed E-state index contributed by atoms with van der Waals surface area (Å²) in [7, 11) is 5.94. The number of carbonyl (C=O) groups excluding carboxylic acids is 3. The molecule has 9 heteroatoms. The molecule has 0 spiro atoms. The molecule has 9 nitrogen and oxygen atoms in total. The van der Waals surface area contributed by atoms with E-state index >= 15 is 0 Å². The first-order valence-electron chi connectivity index (χ1n) is 39.4. The van der Waals surface area contributed by atoms with Crippen LogP contribution in [0.2, 0.25) is 0 Å². The highest BCUT2D eigenvalue weighted by Crippen LogP contribution is 2.19. The molecule has 0 rings (SSSR count). The van der Waals surface area contributed by atoms with Crippen LogP contribution in [-0.2, 0) is 33.3 Å². The molecule has 0 aromatic heterocycles. The van der Waals surface area contributed by atoms with Gasteiger partial charge in [0.1, 0.15) is 13.2 Å². The summed E-state index contributed by atoms with van der Waals surface area (Å²) in [5.74, 6) is -2.27. The smallest absolute Gasteiger partial charge is 0.306 e. The van der Waals surface area contributed by atoms with Crippen molar-refractivity contribution in [1.29, 1.82) is 0 Å². The van der Waals surface area contributed by atoms with E-state index in [9.17, 15) is 19.5 Å². The van der Waals surface area contributed by atoms with Crippen molar-refractivity contribution in [3.05, 3.63) is 97.2 Å². The number of quaternary nitrogens is 1. The van der Waals surface area contributed by atoms with E-state index < -0.39 is 24.3 Å². The van der Waals surface area contributed by atoms with Gasteiger partial charge in [0.15, 0.2) is 12.4 Å². The maximum atomic E-state index is 13.0. The Morgan fingerprint density at radius 2 is 0.613 bits per heavy atom. The Morgan fingerprint density at radius 3 is 0.914 bits per heavy atom. The molecule has 0 bridgehead atoms. The SMILES string of the molecule is CC/C=C\C/C=C\C/C=C\C/C=C\C/C=C\C/C=C\CCCCCCCCCCCCCCCCC(=O)OC(COC(=O)CCCCCCCCCCCCCCCCCCCCCCCCC/C=C\C/C=C\CCCCCCC)COC(OCC[N+](C)(C)C)C(=O)[O-]. The maximum absolute atomic E-state index is 13.0. The third-order valence-corrected chi connectivity index (χ3v) is 17.3. The lowest BCUT2D eigenvalue weighted by atomic mass is 10.0. The molecule has 0 aromatic rings. The topological polar surface area (TPSA) is 111 Å². The van der Waals surface area contributed by atoms with E-state index in [-0.39, 0.29) is 32.2 Å². The highest BCUT2D eigenvalue weighted by atomic mass is 16.7. The van der Waals surface area contributed by atoms with Gasteiger partial charge in [-0.3, -0.25) is 9.59 Å². The molecular weight excluding hydrogens is 1150 g/mol. The molecule has 0 heterocycles. The molecular formula is C84H149NO8. The summed E-state index contributed by atoms with van der Waals surface area (Å²) in [6.07, 6.45) is 99.5. The second-order valence-electron chi connectivity index (χ2n) is 27.6. The van der Waals surface area contributed by atoms with Crippen molar-refractivity contribution in [2.24, 2.45) is 0 Å². The number of rotatable bonds is 73. The van der Waals surface area contributed by atoms with E-state index in [2.05, 4.69) is 111 Å². The quantitative estimate of drug-likeness (QED) is 0.0195. The van der Waals surface area contributed by atoms with Crippen LogP contribution in [-0.4, -0.2) is 82.3 Å². The normalized spacial score (nSPS) is 13.2. The average molecular weight is 1300 g/mol. The van der Waals surface area contributed by atoms with Crippen LogP contribution in [0.3, 0.4) is 0 Å². The fourth-order valence-corrected chi connectivity index (χ4v) is 11.3. The van der Waals surface area contributed by atoms with Gasteiger partial charge in [0.2, 0.25) is 0 Å². The minimum absolute atomic E-state index is 0.146. The Bertz CT molecular complexity index is 1850. The van der Waals surface area contributed by atoms with Crippen LogP contribution in [0, 0.1) is 0 Å². The van der Waals surface area contributed by atoms with Gasteiger partial charge in [-0.15, -0.1) is 0 Å². The largest absolute Gasteiger partial charge is 0.545 e. The maximum Gasteiger partial charge on any atom is 0.306 e. The van der Waals surface area contributed by atoms with Crippen LogP contribution in [0.1, 0.15) is 361 Å². The number of carboxylic acid groups (broad SMARTS) is 1. The highest BCUT2D eigenvalue weighted by molar-refractivity contribution is 5.70. The molecule has 0 fully saturated rings. The standard InChI is InChI=1S/C84H149NO8/c1-6-8-10-12-14-16-18-20-22-24-26-28-30-32-34-36-38-40-41-43-44-46-48-50-52-54-56-58-60-62-64-66-68-70-72-74-81(86)91-78-80(79-92-84(83(88)89)90-77-76-85(3,4)5)93-82(87)75-73-71-69-67-65-63-61-59-57-55-53-51-49-47-45-42-39-37-35-33-31-29-27-25-23-21-19-17-15-13-11-9-7-2/h9,11,15,17-18,20-21,23-24,26-27,29,33,35,39,42,80,84H,6-8,10,12-14,16,19,22,25,28,30-32,34,36-38,40-41,43-79H2,1-5H3/b11-9-,17-15-,20-18-,23-21-,26-24-,29-27-,35-33-,42-39-. The van der Waals surface area contributed by atoms with E-state index in [1.54, 1.807) is 0 Å². The lowest BCUT2D eigenvalue weighted by Crippen LogP contribution is -2.44. The molecule has 93 heavy (non-hydrogen) atoms. The van der Waals surface area contributed by atoms with Crippen LogP contribution < -0.4 is 5.11 Å². The van der Waals surface area contributed by atoms with Crippen LogP contribution >= 0.6 is 0 Å². The first-order valence-corrected chi connectivity index (χ1v) is 39.4. The van der Waals surface area contributed by atoms with Crippen LogP contribution in [0.15, 0.2) is 97.2 Å². The van der Waals surface area contributed by atoms with Crippen molar-refractivity contribution in [2.45, 2.75) is 373 Å². The van der Waals surface area contributed by atoms with Crippen molar-refractivity contribution in [3.63, 3.8) is 0 Å². The van der Waals surface area contributed by atoms with Crippen molar-refractivity contribution >= 4 is 17.9 Å². The third-order valence-electron chi connectivity index (χ3n) is 17.3. The molecule has 0 aliphatic carbocycles. The molecule has 538 valence electrons. The Balaban J connectivity index is 4.02. The summed E-state index contributed by atoms with van der Waals surface area (Å²) in [6, 6.07) is 0. The Morgan fingerprint density at radius 1 is 0.333 bits per heavy atom. The molecule has 0 radical (unpaired) electrons. The van der Waals surface area contributed by atoms with Crippen molar-refractivity contribution < 1.29 is 42.9 Å². The number of carboxylic acids is 1. The lowest BCUT2D eigenvalue weighted by Gasteiger charge is -2.26. The number of allylic oxidation sites excluding steroid dienone is 16. The van der Waals surface area contributed by atoms with Crippen molar-refractivity contribution in [3.8, 4) is 0 Å². The summed E-state index contributed by atoms with van der Waals surface area (Å²) < 4.78 is 22.9. The van der Waals surface area contributed by atoms with Gasteiger partial charge in [0.05, 0.1) is 40.3 Å². The molecule has 2 atom stereocenters. The molecule has 0 aliphatic heterocycles. The summed E-state index contributed by atoms with van der Waals surface area (Å²) in [5.41, 5.74) is 0. The average Bonchev–Trinajstić information content (AvgIpc) is 3.74. The van der Waals surface area contributed by atoms with Crippen molar-refractivity contribution in [2.75, 3.05) is 47.5 Å². The Hall–Kier alpha value is -3.79. The van der Waals surface area contributed by atoms with Gasteiger partial charge in [-0.1, -0.05) is 349 Å². The van der Waals surface area contributed by atoms with Gasteiger partial charge < -0.3 is 33.3 Å². The number of hydrogen-bond donors (Lipinski definition) is 0. The Kier molecular flexibility index (Phi) is 71.0. The predicted molar refractivity (Wildman–Crippen MR) is 398 cm³/mol. The molecule has 0 amide bonds. The fraction of sp³-hybridized carbons (Fsp3) is 0.774. The minimum atomic E-state index is -1.63.